The molecule has 2 aliphatic rings. The van der Waals surface area contributed by atoms with E-state index in [0.29, 0.717) is 40.3 Å². The van der Waals surface area contributed by atoms with Crippen molar-refractivity contribution in [2.75, 3.05) is 6.79 Å². The predicted octanol–water partition coefficient (Wildman–Crippen LogP) is 7.13. The van der Waals surface area contributed by atoms with Gasteiger partial charge in [-0.2, -0.15) is 0 Å². The van der Waals surface area contributed by atoms with Crippen molar-refractivity contribution in [1.29, 1.82) is 0 Å². The van der Waals surface area contributed by atoms with E-state index < -0.39 is 0 Å². The van der Waals surface area contributed by atoms with Gasteiger partial charge < -0.3 is 18.9 Å². The van der Waals surface area contributed by atoms with Crippen LogP contribution in [0.3, 0.4) is 0 Å². The lowest BCUT2D eigenvalue weighted by atomic mass is 10.0. The van der Waals surface area contributed by atoms with E-state index >= 15 is 0 Å². The third-order valence-electron chi connectivity index (χ3n) is 5.33. The molecule has 2 aliphatic heterocycles. The third-order valence-corrected chi connectivity index (χ3v) is 6.53. The number of carbonyl (C=O) groups excluding carboxylic acids is 1. The van der Waals surface area contributed by atoms with Gasteiger partial charge in [0.25, 0.3) is 0 Å². The summed E-state index contributed by atoms with van der Waals surface area (Å²) in [5, 5.41) is 0.856. The Balaban J connectivity index is 1.39. The van der Waals surface area contributed by atoms with Crippen molar-refractivity contribution in [2.24, 2.45) is 0 Å². The maximum atomic E-state index is 12.9. The molecule has 5 nitrogen and oxygen atoms in total. The Kier molecular flexibility index (Phi) is 6.10. The average molecular weight is 548 g/mol. The van der Waals surface area contributed by atoms with E-state index in [1.54, 1.807) is 30.3 Å². The summed E-state index contributed by atoms with van der Waals surface area (Å²) in [6.07, 6.45) is 1.65. The van der Waals surface area contributed by atoms with Crippen LogP contribution in [0.4, 0.5) is 0 Å². The van der Waals surface area contributed by atoms with Gasteiger partial charge in [0.05, 0.1) is 22.2 Å². The standard InChI is InChI=1S/C25H17BrCl2O5/c1-13-4-18(31-11-16-8-17(26)7-15-10-30-12-32-25(15)16)9-21-23(13)24(29)22(33-21)6-14-2-3-19(27)20(28)5-14/h2-9H,10-12H2,1H3/b22-6-. The lowest BCUT2D eigenvalue weighted by molar-refractivity contribution is -0.0176. The molecule has 0 saturated heterocycles. The van der Waals surface area contributed by atoms with E-state index in [9.17, 15) is 4.79 Å². The van der Waals surface area contributed by atoms with Crippen molar-refractivity contribution in [2.45, 2.75) is 20.1 Å². The highest BCUT2D eigenvalue weighted by atomic mass is 79.9. The number of allylic oxidation sites excluding steroid dienone is 1. The van der Waals surface area contributed by atoms with Gasteiger partial charge in [-0.25, -0.2) is 0 Å². The van der Waals surface area contributed by atoms with Gasteiger partial charge in [0.2, 0.25) is 5.78 Å². The maximum absolute atomic E-state index is 12.9. The first-order valence-electron chi connectivity index (χ1n) is 10.1. The van der Waals surface area contributed by atoms with E-state index in [2.05, 4.69) is 15.9 Å². The molecule has 0 fully saturated rings. The summed E-state index contributed by atoms with van der Waals surface area (Å²) >= 11 is 15.6. The molecule has 0 spiro atoms. The molecule has 3 aromatic rings. The Bertz CT molecular complexity index is 1320. The number of ketones is 1. The Morgan fingerprint density at radius 1 is 1.12 bits per heavy atom. The van der Waals surface area contributed by atoms with E-state index in [4.69, 9.17) is 42.1 Å². The molecule has 33 heavy (non-hydrogen) atoms. The van der Waals surface area contributed by atoms with Gasteiger partial charge in [-0.3, -0.25) is 4.79 Å². The quantitative estimate of drug-likeness (QED) is 0.325. The number of carbonyl (C=O) groups is 1. The zero-order valence-electron chi connectivity index (χ0n) is 17.4. The molecule has 168 valence electrons. The summed E-state index contributed by atoms with van der Waals surface area (Å²) in [4.78, 5) is 12.9. The molecule has 8 heteroatoms. The monoisotopic (exact) mass is 546 g/mol. The molecule has 0 N–H and O–H groups in total. The summed E-state index contributed by atoms with van der Waals surface area (Å²) in [5.41, 5.74) is 3.88. The molecule has 5 rings (SSSR count). The van der Waals surface area contributed by atoms with Crippen LogP contribution in [0.15, 0.2) is 52.7 Å². The van der Waals surface area contributed by atoms with Gasteiger partial charge >= 0.3 is 0 Å². The average Bonchev–Trinajstić information content (AvgIpc) is 3.10. The van der Waals surface area contributed by atoms with Crippen LogP contribution in [-0.4, -0.2) is 12.6 Å². The normalized spacial score (nSPS) is 15.6. The Labute approximate surface area is 208 Å². The highest BCUT2D eigenvalue weighted by molar-refractivity contribution is 9.10. The molecule has 0 aromatic heterocycles. The number of ether oxygens (including phenoxy) is 4. The number of fused-ring (bicyclic) bond motifs is 2. The molecule has 3 aromatic carbocycles. The fraction of sp³-hybridized carbons (Fsp3) is 0.160. The minimum atomic E-state index is -0.186. The van der Waals surface area contributed by atoms with Crippen molar-refractivity contribution in [3.8, 4) is 17.2 Å². The second kappa shape index (κ2) is 9.03. The minimum absolute atomic E-state index is 0.186. The van der Waals surface area contributed by atoms with Crippen LogP contribution < -0.4 is 14.2 Å². The minimum Gasteiger partial charge on any atom is -0.489 e. The highest BCUT2D eigenvalue weighted by Crippen LogP contribution is 2.39. The predicted molar refractivity (Wildman–Crippen MR) is 129 cm³/mol. The van der Waals surface area contributed by atoms with Crippen molar-refractivity contribution >= 4 is 51.0 Å². The molecule has 0 atom stereocenters. The van der Waals surface area contributed by atoms with E-state index in [0.717, 1.165) is 32.5 Å². The number of hydrogen-bond donors (Lipinski definition) is 0. The number of aryl methyl sites for hydroxylation is 1. The van der Waals surface area contributed by atoms with Crippen molar-refractivity contribution in [3.05, 3.63) is 90.6 Å². The van der Waals surface area contributed by atoms with E-state index in [-0.39, 0.29) is 18.3 Å². The number of Topliss-reactive ketones (excluding diaryl/α,β-unsaturated/α-hetero) is 1. The topological polar surface area (TPSA) is 54.0 Å². The summed E-state index contributed by atoms with van der Waals surface area (Å²) < 4.78 is 23.9. The molecular formula is C25H17BrCl2O5. The summed E-state index contributed by atoms with van der Waals surface area (Å²) in [6, 6.07) is 12.6. The fourth-order valence-electron chi connectivity index (χ4n) is 3.84. The summed E-state index contributed by atoms with van der Waals surface area (Å²) in [7, 11) is 0. The van der Waals surface area contributed by atoms with E-state index in [1.807, 2.05) is 25.1 Å². The van der Waals surface area contributed by atoms with Crippen LogP contribution in [0.2, 0.25) is 10.0 Å². The molecule has 0 radical (unpaired) electrons. The smallest absolute Gasteiger partial charge is 0.232 e. The lowest BCUT2D eigenvalue weighted by Gasteiger charge is -2.21. The summed E-state index contributed by atoms with van der Waals surface area (Å²) in [5.74, 6) is 1.87. The van der Waals surface area contributed by atoms with Gasteiger partial charge in [0.1, 0.15) is 23.9 Å². The Morgan fingerprint density at radius 3 is 2.79 bits per heavy atom. The summed E-state index contributed by atoms with van der Waals surface area (Å²) in [6.45, 7) is 2.85. The molecule has 0 amide bonds. The third kappa shape index (κ3) is 4.49. The zero-order chi connectivity index (χ0) is 23.1. The lowest BCUT2D eigenvalue weighted by Crippen LogP contribution is -2.14. The van der Waals surface area contributed by atoms with Gasteiger partial charge in [0.15, 0.2) is 12.6 Å². The molecule has 0 aliphatic carbocycles. The number of halogens is 3. The zero-order valence-corrected chi connectivity index (χ0v) is 20.5. The first kappa shape index (κ1) is 22.3. The maximum Gasteiger partial charge on any atom is 0.232 e. The van der Waals surface area contributed by atoms with Crippen molar-refractivity contribution < 1.29 is 23.7 Å². The fourth-order valence-corrected chi connectivity index (χ4v) is 4.70. The molecule has 0 unspecified atom stereocenters. The second-order valence-electron chi connectivity index (χ2n) is 7.68. The number of benzene rings is 3. The molecule has 0 saturated carbocycles. The second-order valence-corrected chi connectivity index (χ2v) is 9.41. The first-order chi connectivity index (χ1) is 15.9. The van der Waals surface area contributed by atoms with E-state index in [1.165, 1.54) is 0 Å². The van der Waals surface area contributed by atoms with Gasteiger partial charge in [-0.15, -0.1) is 0 Å². The highest BCUT2D eigenvalue weighted by Gasteiger charge is 2.30. The SMILES string of the molecule is Cc1cc(OCc2cc(Br)cc3c2OCOC3)cc2c1C(=O)/C(=C/c1ccc(Cl)c(Cl)c1)O2. The number of rotatable bonds is 4. The Morgan fingerprint density at radius 2 is 1.97 bits per heavy atom. The van der Waals surface area contributed by atoms with Crippen LogP contribution in [0, 0.1) is 6.92 Å². The molecular weight excluding hydrogens is 531 g/mol. The first-order valence-corrected chi connectivity index (χ1v) is 11.6. The van der Waals surface area contributed by atoms with Crippen LogP contribution >= 0.6 is 39.1 Å². The molecule has 2 heterocycles. The number of hydrogen-bond acceptors (Lipinski definition) is 5. The van der Waals surface area contributed by atoms with Crippen LogP contribution in [-0.2, 0) is 18.0 Å². The van der Waals surface area contributed by atoms with Crippen molar-refractivity contribution in [3.63, 3.8) is 0 Å². The van der Waals surface area contributed by atoms with Gasteiger partial charge in [-0.1, -0.05) is 45.2 Å². The van der Waals surface area contributed by atoms with Crippen LogP contribution in [0.25, 0.3) is 6.08 Å². The van der Waals surface area contributed by atoms with Gasteiger partial charge in [0, 0.05) is 21.7 Å². The van der Waals surface area contributed by atoms with Gasteiger partial charge in [-0.05, 0) is 54.5 Å². The largest absolute Gasteiger partial charge is 0.489 e. The van der Waals surface area contributed by atoms with Crippen molar-refractivity contribution in [1.82, 2.24) is 0 Å². The Hall–Kier alpha value is -2.51. The van der Waals surface area contributed by atoms with Crippen LogP contribution in [0.1, 0.15) is 32.6 Å². The van der Waals surface area contributed by atoms with Crippen LogP contribution in [0.5, 0.6) is 17.2 Å². The molecule has 0 bridgehead atoms.